The van der Waals surface area contributed by atoms with Crippen LogP contribution in [0.5, 0.6) is 0 Å². The molecular formula is C21H20N2O4S. The highest BCUT2D eigenvalue weighted by Crippen LogP contribution is 2.36. The molecule has 0 radical (unpaired) electrons. The van der Waals surface area contributed by atoms with Gasteiger partial charge in [0.2, 0.25) is 5.91 Å². The summed E-state index contributed by atoms with van der Waals surface area (Å²) >= 11 is 0. The van der Waals surface area contributed by atoms with Crippen molar-refractivity contribution in [1.82, 2.24) is 4.98 Å². The normalized spacial score (nSPS) is 16.6. The number of ether oxygens (including phenoxy) is 1. The second-order valence-electron chi connectivity index (χ2n) is 6.79. The van der Waals surface area contributed by atoms with E-state index in [9.17, 15) is 13.2 Å². The molecule has 28 heavy (non-hydrogen) atoms. The van der Waals surface area contributed by atoms with Gasteiger partial charge in [-0.05, 0) is 37.1 Å². The zero-order valence-electron chi connectivity index (χ0n) is 15.2. The average Bonchev–Trinajstić information content (AvgIpc) is 2.74. The Bertz CT molecular complexity index is 1110. The summed E-state index contributed by atoms with van der Waals surface area (Å²) in [6.45, 7) is 0.435. The number of hydrogen-bond donors (Lipinski definition) is 1. The molecule has 0 bridgehead atoms. The van der Waals surface area contributed by atoms with Crippen LogP contribution >= 0.6 is 0 Å². The molecule has 0 aliphatic carbocycles. The van der Waals surface area contributed by atoms with E-state index in [2.05, 4.69) is 10.3 Å². The smallest absolute Gasteiger partial charge is 0.246 e. The van der Waals surface area contributed by atoms with Crippen LogP contribution in [0.15, 0.2) is 71.8 Å². The number of carbonyl (C=O) groups is 1. The Hall–Kier alpha value is -2.77. The van der Waals surface area contributed by atoms with Crippen LogP contribution in [0.1, 0.15) is 12.8 Å². The van der Waals surface area contributed by atoms with E-state index in [1.54, 1.807) is 30.5 Å². The van der Waals surface area contributed by atoms with Crippen LogP contribution in [0.4, 0.5) is 5.69 Å². The summed E-state index contributed by atoms with van der Waals surface area (Å²) < 4.78 is 30.6. The number of aromatic nitrogens is 1. The minimum Gasteiger partial charge on any atom is -0.381 e. The standard InChI is InChI=1S/C21H20N2O4S/c24-20(23-17-14-16-6-4-5-9-19(16)22-15-17)21(10-12-27-13-11-21)28(25,26)18-7-2-1-3-8-18/h1-9,14-15H,10-13H2,(H,23,24). The quantitative estimate of drug-likeness (QED) is 0.732. The number of sulfone groups is 1. The highest BCUT2D eigenvalue weighted by atomic mass is 32.2. The van der Waals surface area contributed by atoms with E-state index in [0.29, 0.717) is 5.69 Å². The molecule has 1 aromatic heterocycles. The van der Waals surface area contributed by atoms with Crippen LogP contribution in [0.3, 0.4) is 0 Å². The highest BCUT2D eigenvalue weighted by molar-refractivity contribution is 7.93. The number of nitrogens with one attached hydrogen (secondary N) is 1. The van der Waals surface area contributed by atoms with Crippen LogP contribution in [0, 0.1) is 0 Å². The number of pyridine rings is 1. The molecule has 7 heteroatoms. The van der Waals surface area contributed by atoms with E-state index in [0.717, 1.165) is 10.9 Å². The van der Waals surface area contributed by atoms with Gasteiger partial charge >= 0.3 is 0 Å². The molecule has 1 fully saturated rings. The second kappa shape index (κ2) is 7.33. The molecule has 0 saturated carbocycles. The van der Waals surface area contributed by atoms with Crippen LogP contribution < -0.4 is 5.32 Å². The largest absolute Gasteiger partial charge is 0.381 e. The zero-order valence-corrected chi connectivity index (χ0v) is 16.0. The van der Waals surface area contributed by atoms with E-state index >= 15 is 0 Å². The lowest BCUT2D eigenvalue weighted by molar-refractivity contribution is -0.121. The molecule has 2 heterocycles. The number of rotatable bonds is 4. The van der Waals surface area contributed by atoms with Gasteiger partial charge in [0.25, 0.3) is 0 Å². The molecule has 1 aliphatic rings. The first kappa shape index (κ1) is 18.6. The molecule has 3 aromatic rings. The first-order valence-corrected chi connectivity index (χ1v) is 10.5. The Kier molecular flexibility index (Phi) is 4.87. The van der Waals surface area contributed by atoms with Gasteiger partial charge < -0.3 is 10.1 Å². The SMILES string of the molecule is O=C(Nc1cnc2ccccc2c1)C1(S(=O)(=O)c2ccccc2)CCOCC1. The van der Waals surface area contributed by atoms with Gasteiger partial charge in [-0.1, -0.05) is 36.4 Å². The summed E-state index contributed by atoms with van der Waals surface area (Å²) in [5, 5.41) is 3.65. The molecule has 0 atom stereocenters. The Morgan fingerprint density at radius 2 is 1.68 bits per heavy atom. The molecule has 1 saturated heterocycles. The number of anilines is 1. The summed E-state index contributed by atoms with van der Waals surface area (Å²) in [6, 6.07) is 17.4. The molecule has 1 amide bonds. The number of nitrogens with zero attached hydrogens (tertiary/aromatic N) is 1. The maximum absolute atomic E-state index is 13.4. The fourth-order valence-corrected chi connectivity index (χ4v) is 5.49. The summed E-state index contributed by atoms with van der Waals surface area (Å²) in [7, 11) is -3.90. The third kappa shape index (κ3) is 3.16. The molecule has 1 N–H and O–H groups in total. The Morgan fingerprint density at radius 3 is 2.43 bits per heavy atom. The number of hydrogen-bond acceptors (Lipinski definition) is 5. The first-order chi connectivity index (χ1) is 13.5. The van der Waals surface area contributed by atoms with Gasteiger partial charge in [-0.25, -0.2) is 8.42 Å². The fraction of sp³-hybridized carbons (Fsp3) is 0.238. The van der Waals surface area contributed by atoms with E-state index < -0.39 is 20.5 Å². The predicted molar refractivity (Wildman–Crippen MR) is 107 cm³/mol. The fourth-order valence-electron chi connectivity index (χ4n) is 3.53. The zero-order chi connectivity index (χ0) is 19.6. The van der Waals surface area contributed by atoms with E-state index in [4.69, 9.17) is 4.74 Å². The number of para-hydroxylation sites is 1. The maximum Gasteiger partial charge on any atom is 0.246 e. The van der Waals surface area contributed by atoms with Gasteiger partial charge in [-0.15, -0.1) is 0 Å². The Balaban J connectivity index is 1.71. The van der Waals surface area contributed by atoms with Crippen LogP contribution in [0.25, 0.3) is 10.9 Å². The van der Waals surface area contributed by atoms with Crippen molar-refractivity contribution in [3.8, 4) is 0 Å². The monoisotopic (exact) mass is 396 g/mol. The third-order valence-corrected chi connectivity index (χ3v) is 7.65. The van der Waals surface area contributed by atoms with Gasteiger partial charge in [0.1, 0.15) is 0 Å². The molecule has 6 nitrogen and oxygen atoms in total. The second-order valence-corrected chi connectivity index (χ2v) is 9.05. The lowest BCUT2D eigenvalue weighted by Gasteiger charge is -2.35. The minimum absolute atomic E-state index is 0.108. The molecule has 2 aromatic carbocycles. The Labute approximate surface area is 163 Å². The molecule has 0 spiro atoms. The molecule has 144 valence electrons. The number of amides is 1. The van der Waals surface area contributed by atoms with E-state index in [1.165, 1.54) is 12.1 Å². The lowest BCUT2D eigenvalue weighted by Crippen LogP contribution is -2.53. The topological polar surface area (TPSA) is 85.4 Å². The Morgan fingerprint density at radius 1 is 1.00 bits per heavy atom. The third-order valence-electron chi connectivity index (χ3n) is 5.13. The van der Waals surface area contributed by atoms with Crippen molar-refractivity contribution in [2.45, 2.75) is 22.5 Å². The van der Waals surface area contributed by atoms with Crippen LogP contribution in [-0.4, -0.2) is 37.3 Å². The van der Waals surface area contributed by atoms with Crippen LogP contribution in [0.2, 0.25) is 0 Å². The number of fused-ring (bicyclic) bond motifs is 1. The molecule has 4 rings (SSSR count). The first-order valence-electron chi connectivity index (χ1n) is 9.07. The van der Waals surface area contributed by atoms with Crippen molar-refractivity contribution >= 4 is 32.3 Å². The highest BCUT2D eigenvalue weighted by Gasteiger charge is 2.52. The van der Waals surface area contributed by atoms with Gasteiger partial charge in [-0.2, -0.15) is 0 Å². The maximum atomic E-state index is 13.4. The predicted octanol–water partition coefficient (Wildman–Crippen LogP) is 3.20. The van der Waals surface area contributed by atoms with Gasteiger partial charge in [0.05, 0.1) is 22.3 Å². The van der Waals surface area contributed by atoms with Crippen molar-refractivity contribution in [2.24, 2.45) is 0 Å². The average molecular weight is 396 g/mol. The van der Waals surface area contributed by atoms with Crippen molar-refractivity contribution in [2.75, 3.05) is 18.5 Å². The number of carbonyl (C=O) groups excluding carboxylic acids is 1. The van der Waals surface area contributed by atoms with Gasteiger partial charge in [0, 0.05) is 18.6 Å². The lowest BCUT2D eigenvalue weighted by atomic mass is 9.98. The summed E-state index contributed by atoms with van der Waals surface area (Å²) in [4.78, 5) is 17.7. The number of benzene rings is 2. The molecular weight excluding hydrogens is 376 g/mol. The van der Waals surface area contributed by atoms with Crippen molar-refractivity contribution in [3.05, 3.63) is 66.9 Å². The van der Waals surface area contributed by atoms with Crippen molar-refractivity contribution in [3.63, 3.8) is 0 Å². The molecule has 0 unspecified atom stereocenters. The summed E-state index contributed by atoms with van der Waals surface area (Å²) in [5.74, 6) is -0.545. The van der Waals surface area contributed by atoms with Crippen molar-refractivity contribution < 1.29 is 17.9 Å². The van der Waals surface area contributed by atoms with E-state index in [-0.39, 0.29) is 31.0 Å². The minimum atomic E-state index is -3.90. The van der Waals surface area contributed by atoms with E-state index in [1.807, 2.05) is 24.3 Å². The van der Waals surface area contributed by atoms with Crippen LogP contribution in [-0.2, 0) is 19.4 Å². The van der Waals surface area contributed by atoms with Gasteiger partial charge in [-0.3, -0.25) is 9.78 Å². The van der Waals surface area contributed by atoms with Gasteiger partial charge in [0.15, 0.2) is 14.6 Å². The summed E-state index contributed by atoms with van der Waals surface area (Å²) in [6.07, 6.45) is 1.76. The van der Waals surface area contributed by atoms with Crippen molar-refractivity contribution in [1.29, 1.82) is 0 Å². The molecule has 1 aliphatic heterocycles. The summed E-state index contributed by atoms with van der Waals surface area (Å²) in [5.41, 5.74) is 1.27.